The number of carbonyl (C=O) groups excluding carboxylic acids is 2. The average Bonchev–Trinajstić information content (AvgIpc) is 2.58. The molecule has 6 fully saturated rings. The highest BCUT2D eigenvalue weighted by Gasteiger charge is 2.34. The molecule has 0 heterocycles. The Bertz CT molecular complexity index is 2590. The van der Waals surface area contributed by atoms with Gasteiger partial charge in [-0.2, -0.15) is 8.78 Å². The summed E-state index contributed by atoms with van der Waals surface area (Å²) in [7, 11) is 0. The molecular weight excluding hydrogens is 1080 g/mol. The van der Waals surface area contributed by atoms with E-state index in [0.717, 1.165) is 113 Å². The number of rotatable bonds is 12. The van der Waals surface area contributed by atoms with Gasteiger partial charge in [0.25, 0.3) is 0 Å². The monoisotopic (exact) mass is 1190 g/mol. The van der Waals surface area contributed by atoms with E-state index in [1.165, 1.54) is 115 Å². The van der Waals surface area contributed by atoms with Gasteiger partial charge in [0.2, 0.25) is 11.6 Å². The molecule has 84 heavy (non-hydrogen) atoms. The van der Waals surface area contributed by atoms with Crippen molar-refractivity contribution >= 4 is 11.6 Å². The molecule has 6 saturated carbocycles. The molecule has 12 heteroatoms. The van der Waals surface area contributed by atoms with E-state index in [4.69, 9.17) is 9.47 Å². The van der Waals surface area contributed by atoms with Gasteiger partial charge in [-0.05, 0) is 236 Å². The van der Waals surface area contributed by atoms with E-state index < -0.39 is 46.5 Å². The summed E-state index contributed by atoms with van der Waals surface area (Å²) in [4.78, 5) is 24.4. The summed E-state index contributed by atoms with van der Waals surface area (Å²) in [5.41, 5.74) is 0.947. The molecular formula is C72H108F8O4. The number of carbonyl (C=O) groups is 2. The zero-order chi connectivity index (χ0) is 60.8. The van der Waals surface area contributed by atoms with Crippen LogP contribution in [0.4, 0.5) is 35.1 Å². The highest BCUT2D eigenvalue weighted by molar-refractivity contribution is 5.98. The molecule has 476 valence electrons. The van der Waals surface area contributed by atoms with E-state index in [-0.39, 0.29) is 65.7 Å². The molecule has 6 aliphatic rings. The van der Waals surface area contributed by atoms with Crippen LogP contribution in [0.2, 0.25) is 0 Å². The Morgan fingerprint density at radius 1 is 0.333 bits per heavy atom. The second-order valence-electron chi connectivity index (χ2n) is 27.0. The van der Waals surface area contributed by atoms with Gasteiger partial charge in [-0.15, -0.1) is 0 Å². The molecule has 0 unspecified atom stereocenters. The summed E-state index contributed by atoms with van der Waals surface area (Å²) in [5.74, 6) is -0.0371. The van der Waals surface area contributed by atoms with Crippen molar-refractivity contribution in [2.45, 2.75) is 209 Å². The van der Waals surface area contributed by atoms with E-state index in [2.05, 4.69) is 27.7 Å². The number of ether oxygens (including phenoxy) is 2. The molecule has 0 radical (unpaired) electrons. The molecule has 0 amide bonds. The maximum atomic E-state index is 13.9. The quantitative estimate of drug-likeness (QED) is 0.105. The third-order valence-electron chi connectivity index (χ3n) is 20.5. The second-order valence-corrected chi connectivity index (χ2v) is 27.0. The van der Waals surface area contributed by atoms with Crippen LogP contribution in [0.5, 0.6) is 11.5 Å². The van der Waals surface area contributed by atoms with Crippen molar-refractivity contribution in [1.82, 2.24) is 0 Å². The highest BCUT2D eigenvalue weighted by atomic mass is 19.2. The lowest BCUT2D eigenvalue weighted by Gasteiger charge is -2.37. The van der Waals surface area contributed by atoms with Crippen LogP contribution in [-0.2, 0) is 0 Å². The molecule has 0 N–H and O–H groups in total. The number of ketones is 2. The minimum Gasteiger partial charge on any atom is -0.490 e. The molecule has 0 spiro atoms. The first kappa shape index (κ1) is 66.8. The van der Waals surface area contributed by atoms with Gasteiger partial charge in [-0.1, -0.05) is 103 Å². The molecule has 4 aromatic rings. The van der Waals surface area contributed by atoms with Gasteiger partial charge in [0.1, 0.15) is 0 Å². The summed E-state index contributed by atoms with van der Waals surface area (Å²) in [5, 5.41) is 0. The van der Waals surface area contributed by atoms with Crippen molar-refractivity contribution in [3.63, 3.8) is 0 Å². The minimum atomic E-state index is -0.987. The normalized spacial score (nSPS) is 28.0. The van der Waals surface area contributed by atoms with Gasteiger partial charge >= 0.3 is 0 Å². The summed E-state index contributed by atoms with van der Waals surface area (Å²) in [6.45, 7) is 16.2. The topological polar surface area (TPSA) is 52.6 Å². The smallest absolute Gasteiger partial charge is 0.200 e. The Labute approximate surface area is 506 Å². The lowest BCUT2D eigenvalue weighted by Crippen LogP contribution is -2.27. The number of aryl methyl sites for hydroxylation is 4. The van der Waals surface area contributed by atoms with Crippen molar-refractivity contribution in [3.8, 4) is 11.5 Å². The van der Waals surface area contributed by atoms with Crippen LogP contribution >= 0.6 is 0 Å². The largest absolute Gasteiger partial charge is 0.490 e. The fourth-order valence-corrected chi connectivity index (χ4v) is 14.2. The zero-order valence-corrected chi connectivity index (χ0v) is 51.6. The minimum absolute atomic E-state index is 0. The van der Waals surface area contributed by atoms with Crippen molar-refractivity contribution in [3.05, 3.63) is 128 Å². The van der Waals surface area contributed by atoms with Gasteiger partial charge in [0.15, 0.2) is 58.0 Å². The van der Waals surface area contributed by atoms with E-state index >= 15 is 0 Å². The van der Waals surface area contributed by atoms with Crippen molar-refractivity contribution in [2.24, 2.45) is 71.0 Å². The Morgan fingerprint density at radius 2 is 0.571 bits per heavy atom. The van der Waals surface area contributed by atoms with E-state index in [1.807, 2.05) is 0 Å². The molecule has 6 aliphatic carbocycles. The van der Waals surface area contributed by atoms with E-state index in [1.54, 1.807) is 38.1 Å². The lowest BCUT2D eigenvalue weighted by atomic mass is 9.69. The first-order chi connectivity index (χ1) is 40.1. The molecule has 10 rings (SSSR count). The summed E-state index contributed by atoms with van der Waals surface area (Å²) >= 11 is 0. The van der Waals surface area contributed by atoms with Crippen LogP contribution in [0.3, 0.4) is 0 Å². The number of halogens is 8. The van der Waals surface area contributed by atoms with Gasteiger partial charge < -0.3 is 9.47 Å². The summed E-state index contributed by atoms with van der Waals surface area (Å²) < 4.78 is 120. The Kier molecular flexibility index (Phi) is 25.3. The second kappa shape index (κ2) is 31.8. The molecule has 4 aromatic carbocycles. The molecule has 0 aromatic heterocycles. The van der Waals surface area contributed by atoms with Crippen LogP contribution in [0.1, 0.15) is 233 Å². The Balaban J connectivity index is 0.000000592. The first-order valence-electron chi connectivity index (χ1n) is 32.2. The van der Waals surface area contributed by atoms with Gasteiger partial charge in [0, 0.05) is 20.4 Å². The number of hydrogen-bond donors (Lipinski definition) is 0. The molecule has 0 saturated heterocycles. The molecule has 0 bridgehead atoms. The summed E-state index contributed by atoms with van der Waals surface area (Å²) in [6.07, 6.45) is 28.1. The van der Waals surface area contributed by atoms with Crippen molar-refractivity contribution < 1.29 is 62.7 Å². The maximum Gasteiger partial charge on any atom is 0.200 e. The third kappa shape index (κ3) is 18.2. The standard InChI is InChI=1S/2C21H30F2O.2C15H18F2O.6H2/c2*1-14-3-8-17(9-4-14)18-10-6-16(7-11-18)13-24-19-12-5-15(2)20(22)21(19)23;2*1-9-3-6-11(7-4-9)15(18)12-8-5-10(2)13(16)14(12)17;;;;;;/h2*5,12,14,16-18H,3-4,6-11,13H2,1-2H3;2*5,8-9,11H,3-4,6-7H2,1-2H3;6*1H. The summed E-state index contributed by atoms with van der Waals surface area (Å²) in [6, 6.07) is 12.0. The SMILES string of the molecule is Cc1ccc(C(=O)C2CCC(C)CC2)c(F)c1F.Cc1ccc(C(=O)C2CCC(C)CC2)c(F)c1F.Cc1ccc(OCC2CCC(C3CCC(C)CC3)CC2)c(F)c1F.Cc1ccc(OCC2CCC(C3CCC(C)CC3)CC2)c(F)c1F.[HH].[HH].[HH].[HH].[HH].[HH]. The van der Waals surface area contributed by atoms with Crippen LogP contribution in [0, 0.1) is 145 Å². The fraction of sp³-hybridized carbons (Fsp3) is 0.639. The van der Waals surface area contributed by atoms with E-state index in [0.29, 0.717) is 48.0 Å². The van der Waals surface area contributed by atoms with E-state index in [9.17, 15) is 44.7 Å². The predicted molar refractivity (Wildman–Crippen MR) is 332 cm³/mol. The zero-order valence-electron chi connectivity index (χ0n) is 51.6. The molecule has 0 aliphatic heterocycles. The molecule has 4 nitrogen and oxygen atoms in total. The lowest BCUT2D eigenvalue weighted by molar-refractivity contribution is 0.0862. The number of Topliss-reactive ketones (excluding diaryl/α,β-unsaturated/α-hetero) is 2. The predicted octanol–water partition coefficient (Wildman–Crippen LogP) is 22.6. The van der Waals surface area contributed by atoms with Crippen LogP contribution < -0.4 is 9.47 Å². The Hall–Kier alpha value is -4.74. The molecule has 0 atom stereocenters. The number of benzene rings is 4. The fourth-order valence-electron chi connectivity index (χ4n) is 14.2. The van der Waals surface area contributed by atoms with Crippen LogP contribution in [-0.4, -0.2) is 24.8 Å². The first-order valence-corrected chi connectivity index (χ1v) is 32.2. The van der Waals surface area contributed by atoms with Crippen molar-refractivity contribution in [2.75, 3.05) is 13.2 Å². The van der Waals surface area contributed by atoms with Crippen LogP contribution in [0.25, 0.3) is 0 Å². The van der Waals surface area contributed by atoms with Crippen molar-refractivity contribution in [1.29, 1.82) is 0 Å². The van der Waals surface area contributed by atoms with Gasteiger partial charge in [0.05, 0.1) is 24.3 Å². The van der Waals surface area contributed by atoms with Gasteiger partial charge in [-0.3, -0.25) is 9.59 Å². The average molecular weight is 1190 g/mol. The number of hydrogen-bond acceptors (Lipinski definition) is 4. The Morgan fingerprint density at radius 3 is 0.857 bits per heavy atom. The third-order valence-corrected chi connectivity index (χ3v) is 20.5. The maximum absolute atomic E-state index is 13.9. The highest BCUT2D eigenvalue weighted by Crippen LogP contribution is 2.44. The van der Waals surface area contributed by atoms with Gasteiger partial charge in [-0.25, -0.2) is 26.3 Å². The van der Waals surface area contributed by atoms with Crippen LogP contribution in [0.15, 0.2) is 48.5 Å².